The maximum atomic E-state index is 12.5. The fraction of sp³-hybridized carbons (Fsp3) is 0. The van der Waals surface area contributed by atoms with E-state index in [4.69, 9.17) is 12.2 Å². The van der Waals surface area contributed by atoms with Crippen LogP contribution in [0.15, 0.2) is 58.2 Å². The molecule has 1 N–H and O–H groups in total. The van der Waals surface area contributed by atoms with Crippen LogP contribution in [0.3, 0.4) is 0 Å². The van der Waals surface area contributed by atoms with Crippen LogP contribution in [0.2, 0.25) is 0 Å². The van der Waals surface area contributed by atoms with Gasteiger partial charge in [-0.05, 0) is 48.1 Å². The zero-order valence-corrected chi connectivity index (χ0v) is 15.3. The third kappa shape index (κ3) is 3.72. The number of aromatic nitrogens is 1. The fourth-order valence-electron chi connectivity index (χ4n) is 1.98. The summed E-state index contributed by atoms with van der Waals surface area (Å²) in [5.74, 6) is -0.773. The van der Waals surface area contributed by atoms with E-state index in [0.29, 0.717) is 10.5 Å². The minimum Gasteiger partial charge on any atom is -0.267 e. The SMILES string of the molecule is O=C(NN1C(=O)/C(=C/c2cccc(Br)c2)SC1=S)c1ccncc1. The van der Waals surface area contributed by atoms with Crippen LogP contribution in [-0.4, -0.2) is 26.1 Å². The van der Waals surface area contributed by atoms with Gasteiger partial charge in [-0.2, -0.15) is 5.01 Å². The molecule has 8 heteroatoms. The van der Waals surface area contributed by atoms with Crippen LogP contribution in [-0.2, 0) is 4.79 Å². The summed E-state index contributed by atoms with van der Waals surface area (Å²) in [6.45, 7) is 0. The van der Waals surface area contributed by atoms with Crippen molar-refractivity contribution in [3.8, 4) is 0 Å². The summed E-state index contributed by atoms with van der Waals surface area (Å²) in [5.41, 5.74) is 3.79. The van der Waals surface area contributed by atoms with Crippen LogP contribution in [0, 0.1) is 0 Å². The second-order valence-corrected chi connectivity index (χ2v) is 7.34. The zero-order chi connectivity index (χ0) is 17.1. The molecule has 2 aromatic rings. The molecule has 3 rings (SSSR count). The van der Waals surface area contributed by atoms with Crippen molar-refractivity contribution in [2.45, 2.75) is 0 Å². The highest BCUT2D eigenvalue weighted by atomic mass is 79.9. The molecule has 2 amide bonds. The van der Waals surface area contributed by atoms with E-state index < -0.39 is 5.91 Å². The topological polar surface area (TPSA) is 62.3 Å². The predicted molar refractivity (Wildman–Crippen MR) is 101 cm³/mol. The van der Waals surface area contributed by atoms with Gasteiger partial charge in [0.2, 0.25) is 0 Å². The van der Waals surface area contributed by atoms with Crippen molar-refractivity contribution in [1.29, 1.82) is 0 Å². The van der Waals surface area contributed by atoms with Crippen LogP contribution < -0.4 is 5.43 Å². The number of hydrogen-bond donors (Lipinski definition) is 1. The lowest BCUT2D eigenvalue weighted by atomic mass is 10.2. The van der Waals surface area contributed by atoms with E-state index in [1.165, 1.54) is 12.4 Å². The number of thiocarbonyl (C=S) groups is 1. The van der Waals surface area contributed by atoms with Gasteiger partial charge in [0.15, 0.2) is 4.32 Å². The Hall–Kier alpha value is -2.03. The normalized spacial score (nSPS) is 15.9. The first-order valence-corrected chi connectivity index (χ1v) is 8.81. The first kappa shape index (κ1) is 16.8. The predicted octanol–water partition coefficient (Wildman–Crippen LogP) is 3.39. The molecule has 0 aliphatic carbocycles. The molecule has 120 valence electrons. The summed E-state index contributed by atoms with van der Waals surface area (Å²) < 4.78 is 1.20. The first-order valence-electron chi connectivity index (χ1n) is 6.79. The molecule has 1 aromatic heterocycles. The number of hydrazine groups is 1. The Morgan fingerprint density at radius 2 is 2.04 bits per heavy atom. The molecule has 1 aliphatic rings. The Bertz CT molecular complexity index is 855. The Morgan fingerprint density at radius 3 is 2.75 bits per heavy atom. The number of amides is 2. The van der Waals surface area contributed by atoms with Crippen LogP contribution >= 0.6 is 39.9 Å². The highest BCUT2D eigenvalue weighted by molar-refractivity contribution is 9.10. The number of carbonyl (C=O) groups excluding carboxylic acids is 2. The van der Waals surface area contributed by atoms with Crippen molar-refractivity contribution in [3.63, 3.8) is 0 Å². The Morgan fingerprint density at radius 1 is 1.29 bits per heavy atom. The number of halogens is 1. The van der Waals surface area contributed by atoms with Crippen molar-refractivity contribution in [2.24, 2.45) is 0 Å². The van der Waals surface area contributed by atoms with E-state index in [0.717, 1.165) is 26.8 Å². The maximum Gasteiger partial charge on any atom is 0.285 e. The van der Waals surface area contributed by atoms with E-state index in [2.05, 4.69) is 26.3 Å². The maximum absolute atomic E-state index is 12.5. The van der Waals surface area contributed by atoms with Crippen molar-refractivity contribution in [3.05, 3.63) is 69.3 Å². The van der Waals surface area contributed by atoms with Crippen molar-refractivity contribution >= 4 is 62.1 Å². The summed E-state index contributed by atoms with van der Waals surface area (Å²) in [5, 5.41) is 1.09. The summed E-state index contributed by atoms with van der Waals surface area (Å²) in [6, 6.07) is 10.7. The largest absolute Gasteiger partial charge is 0.285 e. The number of nitrogens with one attached hydrogen (secondary N) is 1. The Balaban J connectivity index is 1.78. The number of benzene rings is 1. The molecule has 24 heavy (non-hydrogen) atoms. The van der Waals surface area contributed by atoms with Gasteiger partial charge in [0.25, 0.3) is 11.8 Å². The molecule has 1 saturated heterocycles. The van der Waals surface area contributed by atoms with Crippen molar-refractivity contribution in [1.82, 2.24) is 15.4 Å². The van der Waals surface area contributed by atoms with Crippen molar-refractivity contribution < 1.29 is 9.59 Å². The second-order valence-electron chi connectivity index (χ2n) is 4.75. The molecule has 2 heterocycles. The highest BCUT2D eigenvalue weighted by Gasteiger charge is 2.33. The average molecular weight is 420 g/mol. The summed E-state index contributed by atoms with van der Waals surface area (Å²) >= 11 is 9.73. The lowest BCUT2D eigenvalue weighted by molar-refractivity contribution is -0.123. The van der Waals surface area contributed by atoms with Gasteiger partial charge in [-0.25, -0.2) is 0 Å². The van der Waals surface area contributed by atoms with Crippen LogP contribution in [0.4, 0.5) is 0 Å². The van der Waals surface area contributed by atoms with Gasteiger partial charge in [-0.15, -0.1) is 0 Å². The van der Waals surface area contributed by atoms with Gasteiger partial charge in [0.1, 0.15) is 0 Å². The van der Waals surface area contributed by atoms with E-state index in [1.807, 2.05) is 24.3 Å². The van der Waals surface area contributed by atoms with E-state index in [-0.39, 0.29) is 10.2 Å². The number of carbonyl (C=O) groups is 2. The quantitative estimate of drug-likeness (QED) is 0.610. The molecular weight excluding hydrogens is 410 g/mol. The molecular formula is C16H10BrN3O2S2. The third-order valence-corrected chi connectivity index (χ3v) is 4.89. The average Bonchev–Trinajstić information content (AvgIpc) is 2.83. The molecule has 0 radical (unpaired) electrons. The van der Waals surface area contributed by atoms with Gasteiger partial charge >= 0.3 is 0 Å². The molecule has 1 aliphatic heterocycles. The van der Waals surface area contributed by atoms with Gasteiger partial charge in [-0.1, -0.05) is 39.8 Å². The van der Waals surface area contributed by atoms with Crippen LogP contribution in [0.1, 0.15) is 15.9 Å². The van der Waals surface area contributed by atoms with Gasteiger partial charge < -0.3 is 0 Å². The zero-order valence-electron chi connectivity index (χ0n) is 12.1. The van der Waals surface area contributed by atoms with Crippen molar-refractivity contribution in [2.75, 3.05) is 0 Å². The molecule has 0 unspecified atom stereocenters. The molecule has 0 bridgehead atoms. The smallest absolute Gasteiger partial charge is 0.267 e. The number of nitrogens with zero attached hydrogens (tertiary/aromatic N) is 2. The first-order chi connectivity index (χ1) is 11.5. The second kappa shape index (κ2) is 7.25. The van der Waals surface area contributed by atoms with E-state index in [9.17, 15) is 9.59 Å². The fourth-order valence-corrected chi connectivity index (χ4v) is 3.58. The number of thioether (sulfide) groups is 1. The number of pyridine rings is 1. The molecule has 0 saturated carbocycles. The molecule has 0 spiro atoms. The lowest BCUT2D eigenvalue weighted by Crippen LogP contribution is -2.44. The van der Waals surface area contributed by atoms with E-state index >= 15 is 0 Å². The standard InChI is InChI=1S/C16H10BrN3O2S2/c17-12-3-1-2-10(8-12)9-13-15(22)20(16(23)24-13)19-14(21)11-4-6-18-7-5-11/h1-9H,(H,19,21)/b13-9-. The summed E-state index contributed by atoms with van der Waals surface area (Å²) in [7, 11) is 0. The highest BCUT2D eigenvalue weighted by Crippen LogP contribution is 2.31. The Kier molecular flexibility index (Phi) is 5.08. The minimum absolute atomic E-state index is 0.281. The number of hydrogen-bond acceptors (Lipinski definition) is 5. The third-order valence-electron chi connectivity index (χ3n) is 3.10. The van der Waals surface area contributed by atoms with Gasteiger partial charge in [0.05, 0.1) is 4.91 Å². The summed E-state index contributed by atoms with van der Waals surface area (Å²) in [4.78, 5) is 29.0. The lowest BCUT2D eigenvalue weighted by Gasteiger charge is -2.15. The Labute approximate surface area is 156 Å². The van der Waals surface area contributed by atoms with Gasteiger partial charge in [0, 0.05) is 22.4 Å². The minimum atomic E-state index is -0.419. The monoisotopic (exact) mass is 419 g/mol. The van der Waals surface area contributed by atoms with Crippen LogP contribution in [0.5, 0.6) is 0 Å². The molecule has 1 fully saturated rings. The number of rotatable bonds is 3. The summed E-state index contributed by atoms with van der Waals surface area (Å²) in [6.07, 6.45) is 4.75. The molecule has 0 atom stereocenters. The molecule has 5 nitrogen and oxygen atoms in total. The van der Waals surface area contributed by atoms with E-state index in [1.54, 1.807) is 18.2 Å². The molecule has 1 aromatic carbocycles. The van der Waals surface area contributed by atoms with Crippen LogP contribution in [0.25, 0.3) is 6.08 Å². The van der Waals surface area contributed by atoms with Gasteiger partial charge in [-0.3, -0.25) is 20.0 Å².